The van der Waals surface area contributed by atoms with E-state index in [2.05, 4.69) is 18.3 Å². The summed E-state index contributed by atoms with van der Waals surface area (Å²) in [5, 5.41) is 12.1. The van der Waals surface area contributed by atoms with Crippen molar-refractivity contribution in [2.45, 2.75) is 26.3 Å². The Bertz CT molecular complexity index is 504. The third-order valence-electron chi connectivity index (χ3n) is 3.19. The van der Waals surface area contributed by atoms with Gasteiger partial charge in [0, 0.05) is 5.56 Å². The van der Waals surface area contributed by atoms with E-state index in [0.29, 0.717) is 0 Å². The first-order chi connectivity index (χ1) is 8.70. The van der Waals surface area contributed by atoms with Gasteiger partial charge < -0.3 is 5.32 Å². The number of rotatable bonds is 4. The molecule has 4 heteroatoms. The summed E-state index contributed by atoms with van der Waals surface area (Å²) in [6, 6.07) is 7.65. The van der Waals surface area contributed by atoms with Gasteiger partial charge in [0.25, 0.3) is 0 Å². The molecule has 1 aliphatic heterocycles. The van der Waals surface area contributed by atoms with Gasteiger partial charge in [-0.25, -0.2) is 0 Å². The van der Waals surface area contributed by atoms with Crippen LogP contribution in [-0.4, -0.2) is 19.0 Å². The molecular weight excluding hydrogens is 226 g/mol. The highest BCUT2D eigenvalue weighted by atomic mass is 16.2. The highest BCUT2D eigenvalue weighted by Crippen LogP contribution is 2.37. The molecule has 1 amide bonds. The molecule has 0 bridgehead atoms. The fourth-order valence-corrected chi connectivity index (χ4v) is 2.40. The fraction of sp³-hybridized carbons (Fsp3) is 0.429. The first kappa shape index (κ1) is 12.6. The molecule has 2 rings (SSSR count). The lowest BCUT2D eigenvalue weighted by Crippen LogP contribution is -2.35. The molecule has 1 aromatic carbocycles. The number of para-hydroxylation sites is 1. The number of nitriles is 1. The summed E-state index contributed by atoms with van der Waals surface area (Å²) in [7, 11) is 0. The van der Waals surface area contributed by atoms with E-state index >= 15 is 0 Å². The quantitative estimate of drug-likeness (QED) is 0.822. The monoisotopic (exact) mass is 243 g/mol. The van der Waals surface area contributed by atoms with Gasteiger partial charge in [0.1, 0.15) is 12.6 Å². The molecule has 1 N–H and O–H groups in total. The minimum absolute atomic E-state index is 0.0192. The predicted octanol–water partition coefficient (Wildman–Crippen LogP) is 1.91. The summed E-state index contributed by atoms with van der Waals surface area (Å²) in [6.07, 6.45) is 0.975. The normalized spacial score (nSPS) is 17.7. The van der Waals surface area contributed by atoms with Crippen molar-refractivity contribution in [1.29, 1.82) is 5.26 Å². The Morgan fingerprint density at radius 1 is 1.50 bits per heavy atom. The number of aryl methyl sites for hydroxylation is 1. The van der Waals surface area contributed by atoms with Gasteiger partial charge in [0.05, 0.1) is 11.8 Å². The highest BCUT2D eigenvalue weighted by molar-refractivity contribution is 6.05. The molecule has 0 radical (unpaired) electrons. The van der Waals surface area contributed by atoms with Crippen molar-refractivity contribution in [3.05, 3.63) is 29.3 Å². The Morgan fingerprint density at radius 3 is 2.94 bits per heavy atom. The number of hydrogen-bond donors (Lipinski definition) is 1. The van der Waals surface area contributed by atoms with Crippen molar-refractivity contribution in [1.82, 2.24) is 5.32 Å². The lowest BCUT2D eigenvalue weighted by Gasteiger charge is -2.15. The molecule has 0 spiro atoms. The zero-order chi connectivity index (χ0) is 13.1. The summed E-state index contributed by atoms with van der Waals surface area (Å²) >= 11 is 0. The van der Waals surface area contributed by atoms with Gasteiger partial charge in [-0.1, -0.05) is 25.1 Å². The SMILES string of the molecule is CCCNC1C(=O)N(CC#N)c2c(C)cccc21. The van der Waals surface area contributed by atoms with Crippen LogP contribution < -0.4 is 10.2 Å². The third-order valence-corrected chi connectivity index (χ3v) is 3.19. The van der Waals surface area contributed by atoms with Crippen molar-refractivity contribution >= 4 is 11.6 Å². The Labute approximate surface area is 107 Å². The van der Waals surface area contributed by atoms with Crippen LogP contribution in [0, 0.1) is 18.3 Å². The van der Waals surface area contributed by atoms with Crippen molar-refractivity contribution in [3.8, 4) is 6.07 Å². The summed E-state index contributed by atoms with van der Waals surface area (Å²) in [4.78, 5) is 13.9. The Hall–Kier alpha value is -1.86. The number of amides is 1. The van der Waals surface area contributed by atoms with Gasteiger partial charge in [-0.15, -0.1) is 0 Å². The minimum atomic E-state index is -0.298. The molecular formula is C14H17N3O. The lowest BCUT2D eigenvalue weighted by molar-refractivity contribution is -0.119. The van der Waals surface area contributed by atoms with E-state index in [1.54, 1.807) is 4.90 Å². The average molecular weight is 243 g/mol. The smallest absolute Gasteiger partial charge is 0.249 e. The number of anilines is 1. The van der Waals surface area contributed by atoms with Crippen molar-refractivity contribution < 1.29 is 4.79 Å². The van der Waals surface area contributed by atoms with Gasteiger partial charge in [-0.3, -0.25) is 9.69 Å². The van der Waals surface area contributed by atoms with Crippen LogP contribution in [0.3, 0.4) is 0 Å². The number of nitrogens with zero attached hydrogens (tertiary/aromatic N) is 2. The average Bonchev–Trinajstić information content (AvgIpc) is 2.62. The number of benzene rings is 1. The second kappa shape index (κ2) is 5.19. The molecule has 0 saturated heterocycles. The Kier molecular flexibility index (Phi) is 3.63. The highest BCUT2D eigenvalue weighted by Gasteiger charge is 2.37. The van der Waals surface area contributed by atoms with Gasteiger partial charge in [0.15, 0.2) is 0 Å². The summed E-state index contributed by atoms with van der Waals surface area (Å²) < 4.78 is 0. The number of carbonyl (C=O) groups is 1. The van der Waals surface area contributed by atoms with Crippen LogP contribution in [0.15, 0.2) is 18.2 Å². The molecule has 0 saturated carbocycles. The zero-order valence-corrected chi connectivity index (χ0v) is 10.7. The van der Waals surface area contributed by atoms with E-state index in [1.165, 1.54) is 0 Å². The lowest BCUT2D eigenvalue weighted by atomic mass is 10.1. The van der Waals surface area contributed by atoms with Gasteiger partial charge in [-0.2, -0.15) is 5.26 Å². The standard InChI is InChI=1S/C14H17N3O/c1-3-8-16-12-11-6-4-5-10(2)13(11)17(9-7-15)14(12)18/h4-6,12,16H,3,8-9H2,1-2H3. The Balaban J connectivity index is 2.41. The second-order valence-electron chi connectivity index (χ2n) is 4.48. The molecule has 1 aliphatic rings. The summed E-state index contributed by atoms with van der Waals surface area (Å²) in [5.74, 6) is -0.0192. The molecule has 18 heavy (non-hydrogen) atoms. The van der Waals surface area contributed by atoms with E-state index in [1.807, 2.05) is 25.1 Å². The van der Waals surface area contributed by atoms with Crippen LogP contribution in [0.25, 0.3) is 0 Å². The van der Waals surface area contributed by atoms with Crippen LogP contribution in [0.4, 0.5) is 5.69 Å². The topological polar surface area (TPSA) is 56.1 Å². The third kappa shape index (κ3) is 1.98. The zero-order valence-electron chi connectivity index (χ0n) is 10.7. The molecule has 1 unspecified atom stereocenters. The second-order valence-corrected chi connectivity index (χ2v) is 4.48. The van der Waals surface area contributed by atoms with Crippen LogP contribution in [0.2, 0.25) is 0 Å². The first-order valence-electron chi connectivity index (χ1n) is 6.22. The molecule has 4 nitrogen and oxygen atoms in total. The molecule has 1 atom stereocenters. The molecule has 1 aromatic rings. The Morgan fingerprint density at radius 2 is 2.28 bits per heavy atom. The maximum atomic E-state index is 12.3. The fourth-order valence-electron chi connectivity index (χ4n) is 2.40. The largest absolute Gasteiger partial charge is 0.302 e. The molecule has 0 fully saturated rings. The van der Waals surface area contributed by atoms with E-state index in [0.717, 1.165) is 29.8 Å². The first-order valence-corrected chi connectivity index (χ1v) is 6.22. The number of carbonyl (C=O) groups excluding carboxylic acids is 1. The number of fused-ring (bicyclic) bond motifs is 1. The molecule has 1 heterocycles. The predicted molar refractivity (Wildman–Crippen MR) is 70.2 cm³/mol. The van der Waals surface area contributed by atoms with Crippen molar-refractivity contribution in [2.24, 2.45) is 0 Å². The van der Waals surface area contributed by atoms with Crippen LogP contribution >= 0.6 is 0 Å². The maximum absolute atomic E-state index is 12.3. The van der Waals surface area contributed by atoms with Gasteiger partial charge >= 0.3 is 0 Å². The van der Waals surface area contributed by atoms with Crippen LogP contribution in [0.1, 0.15) is 30.5 Å². The summed E-state index contributed by atoms with van der Waals surface area (Å²) in [6.45, 7) is 4.94. The van der Waals surface area contributed by atoms with E-state index in [4.69, 9.17) is 5.26 Å². The van der Waals surface area contributed by atoms with E-state index < -0.39 is 0 Å². The maximum Gasteiger partial charge on any atom is 0.249 e. The molecule has 0 aliphatic carbocycles. The van der Waals surface area contributed by atoms with Crippen LogP contribution in [0.5, 0.6) is 0 Å². The summed E-state index contributed by atoms with van der Waals surface area (Å²) in [5.41, 5.74) is 2.93. The van der Waals surface area contributed by atoms with E-state index in [-0.39, 0.29) is 18.5 Å². The van der Waals surface area contributed by atoms with Gasteiger partial charge in [-0.05, 0) is 25.5 Å². The van der Waals surface area contributed by atoms with Gasteiger partial charge in [0.2, 0.25) is 5.91 Å². The minimum Gasteiger partial charge on any atom is -0.302 e. The van der Waals surface area contributed by atoms with Crippen molar-refractivity contribution in [3.63, 3.8) is 0 Å². The molecule has 0 aromatic heterocycles. The number of hydrogen-bond acceptors (Lipinski definition) is 3. The van der Waals surface area contributed by atoms with Crippen molar-refractivity contribution in [2.75, 3.05) is 18.0 Å². The van der Waals surface area contributed by atoms with E-state index in [9.17, 15) is 4.79 Å². The van der Waals surface area contributed by atoms with Crippen LogP contribution in [-0.2, 0) is 4.79 Å². The number of nitrogens with one attached hydrogen (secondary N) is 1. The molecule has 94 valence electrons.